The molecule has 0 aliphatic carbocycles. The summed E-state index contributed by atoms with van der Waals surface area (Å²) in [5.74, 6) is -2.28. The molecule has 19 heteroatoms. The second kappa shape index (κ2) is 75.9. The van der Waals surface area contributed by atoms with E-state index in [-0.39, 0.29) is 25.7 Å². The number of phosphoric ester groups is 2. The highest BCUT2D eigenvalue weighted by Crippen LogP contribution is 2.45. The smallest absolute Gasteiger partial charge is 0.462 e. The summed E-state index contributed by atoms with van der Waals surface area (Å²) < 4.78 is 68.6. The van der Waals surface area contributed by atoms with Crippen LogP contribution in [0.3, 0.4) is 0 Å². The van der Waals surface area contributed by atoms with Crippen LogP contribution in [0, 0.1) is 0 Å². The van der Waals surface area contributed by atoms with Gasteiger partial charge in [0.25, 0.3) is 0 Å². The zero-order valence-corrected chi connectivity index (χ0v) is 66.4. The van der Waals surface area contributed by atoms with Crippen LogP contribution in [-0.2, 0) is 65.4 Å². The first-order valence-corrected chi connectivity index (χ1v) is 42.7. The van der Waals surface area contributed by atoms with Crippen molar-refractivity contribution < 1.29 is 80.2 Å². The van der Waals surface area contributed by atoms with Crippen LogP contribution in [0.15, 0.2) is 158 Å². The van der Waals surface area contributed by atoms with E-state index in [1.165, 1.54) is 19.3 Å². The van der Waals surface area contributed by atoms with Crippen LogP contribution >= 0.6 is 15.6 Å². The van der Waals surface area contributed by atoms with Crippen LogP contribution in [0.2, 0.25) is 0 Å². The van der Waals surface area contributed by atoms with E-state index >= 15 is 0 Å². The minimum Gasteiger partial charge on any atom is -0.462 e. The fourth-order valence-electron chi connectivity index (χ4n) is 10.0. The third-order valence-electron chi connectivity index (χ3n) is 16.0. The molecule has 3 N–H and O–H groups in total. The topological polar surface area (TPSA) is 237 Å². The van der Waals surface area contributed by atoms with E-state index in [0.29, 0.717) is 25.7 Å². The molecule has 0 fully saturated rings. The quantitative estimate of drug-likeness (QED) is 0.0169. The lowest BCUT2D eigenvalue weighted by atomic mass is 10.1. The van der Waals surface area contributed by atoms with E-state index in [9.17, 15) is 43.2 Å². The number of ether oxygens (including phenoxy) is 4. The predicted molar refractivity (Wildman–Crippen MR) is 427 cm³/mol. The maximum Gasteiger partial charge on any atom is 0.472 e. The molecule has 0 saturated heterocycles. The van der Waals surface area contributed by atoms with Crippen molar-refractivity contribution in [2.45, 2.75) is 316 Å². The van der Waals surface area contributed by atoms with Gasteiger partial charge in [-0.3, -0.25) is 37.3 Å². The molecule has 592 valence electrons. The minimum atomic E-state index is -5.00. The summed E-state index contributed by atoms with van der Waals surface area (Å²) in [5.41, 5.74) is 0. The summed E-state index contributed by atoms with van der Waals surface area (Å²) in [7, 11) is -9.99. The lowest BCUT2D eigenvalue weighted by Crippen LogP contribution is -2.30. The predicted octanol–water partition coefficient (Wildman–Crippen LogP) is 23.2. The van der Waals surface area contributed by atoms with Gasteiger partial charge in [0.05, 0.1) is 26.4 Å². The average molecular weight is 1500 g/mol. The molecular weight excluding hydrogens is 1350 g/mol. The Balaban J connectivity index is 5.45. The van der Waals surface area contributed by atoms with E-state index in [1.807, 2.05) is 0 Å². The van der Waals surface area contributed by atoms with Crippen molar-refractivity contribution in [3.63, 3.8) is 0 Å². The molecule has 17 nitrogen and oxygen atoms in total. The second-order valence-electron chi connectivity index (χ2n) is 25.9. The number of allylic oxidation sites excluding steroid dienone is 26. The summed E-state index contributed by atoms with van der Waals surface area (Å²) >= 11 is 0. The third kappa shape index (κ3) is 74.9. The van der Waals surface area contributed by atoms with Crippen LogP contribution in [0.4, 0.5) is 0 Å². The van der Waals surface area contributed by atoms with E-state index in [2.05, 4.69) is 186 Å². The molecule has 0 bridgehead atoms. The summed E-state index contributed by atoms with van der Waals surface area (Å²) in [5, 5.41) is 10.6. The molecular formula is C85H140O17P2. The van der Waals surface area contributed by atoms with Crippen molar-refractivity contribution in [1.29, 1.82) is 0 Å². The van der Waals surface area contributed by atoms with Crippen molar-refractivity contribution in [3.05, 3.63) is 158 Å². The maximum absolute atomic E-state index is 13.1. The van der Waals surface area contributed by atoms with Gasteiger partial charge in [-0.1, -0.05) is 263 Å². The van der Waals surface area contributed by atoms with Crippen molar-refractivity contribution in [1.82, 2.24) is 0 Å². The van der Waals surface area contributed by atoms with Crippen LogP contribution in [0.1, 0.15) is 297 Å². The highest BCUT2D eigenvalue weighted by atomic mass is 31.2. The Kier molecular flexibility index (Phi) is 72.0. The zero-order valence-electron chi connectivity index (χ0n) is 64.6. The molecule has 0 aromatic heterocycles. The SMILES string of the molecule is CC/C=C\C/C=C\C/C=C\C/C=C\CCCCCCC(=O)OCC(COP(=O)(O)OCC(O)COP(=O)(O)OCC(COC(=O)CCCC/C=C\C/C=C\C/C=C\C/C=C\CC)OC(=O)CCCCCCC/C=C\C/C=C\CCCCC)OC(=O)CCCCCCCCC/C=C\C/C=C\C/C=C\CC. The molecule has 104 heavy (non-hydrogen) atoms. The summed E-state index contributed by atoms with van der Waals surface area (Å²) in [6, 6.07) is 0. The lowest BCUT2D eigenvalue weighted by Gasteiger charge is -2.21. The number of aliphatic hydroxyl groups is 1. The van der Waals surface area contributed by atoms with Crippen LogP contribution in [0.5, 0.6) is 0 Å². The van der Waals surface area contributed by atoms with Gasteiger partial charge in [-0.05, 0) is 167 Å². The Labute approximate surface area is 629 Å². The molecule has 0 heterocycles. The third-order valence-corrected chi connectivity index (χ3v) is 17.9. The zero-order chi connectivity index (χ0) is 76.0. The molecule has 5 atom stereocenters. The largest absolute Gasteiger partial charge is 0.472 e. The number of rotatable bonds is 73. The van der Waals surface area contributed by atoms with E-state index in [0.717, 1.165) is 199 Å². The number of phosphoric acid groups is 2. The summed E-state index contributed by atoms with van der Waals surface area (Å²) in [4.78, 5) is 73.0. The Bertz CT molecular complexity index is 2590. The fourth-order valence-corrected chi connectivity index (χ4v) is 11.6. The van der Waals surface area contributed by atoms with Gasteiger partial charge in [0, 0.05) is 25.7 Å². The number of carbonyl (C=O) groups is 4. The number of hydrogen-bond acceptors (Lipinski definition) is 15. The minimum absolute atomic E-state index is 0.0647. The van der Waals surface area contributed by atoms with E-state index in [4.69, 9.17) is 37.0 Å². The highest BCUT2D eigenvalue weighted by Gasteiger charge is 2.30. The van der Waals surface area contributed by atoms with Crippen molar-refractivity contribution in [2.75, 3.05) is 39.6 Å². The van der Waals surface area contributed by atoms with Crippen LogP contribution in [-0.4, -0.2) is 96.7 Å². The molecule has 0 aliphatic heterocycles. The van der Waals surface area contributed by atoms with Crippen molar-refractivity contribution >= 4 is 39.5 Å². The van der Waals surface area contributed by atoms with Gasteiger partial charge in [0.1, 0.15) is 19.3 Å². The van der Waals surface area contributed by atoms with Crippen molar-refractivity contribution in [2.24, 2.45) is 0 Å². The maximum atomic E-state index is 13.1. The molecule has 0 aromatic rings. The second-order valence-corrected chi connectivity index (χ2v) is 28.8. The molecule has 0 aliphatic rings. The molecule has 0 spiro atoms. The number of carbonyl (C=O) groups excluding carboxylic acids is 4. The number of esters is 4. The molecule has 0 aromatic carbocycles. The van der Waals surface area contributed by atoms with Gasteiger partial charge >= 0.3 is 39.5 Å². The fraction of sp³-hybridized carbons (Fsp3) is 0.647. The lowest BCUT2D eigenvalue weighted by molar-refractivity contribution is -0.161. The first-order valence-electron chi connectivity index (χ1n) is 39.7. The van der Waals surface area contributed by atoms with Gasteiger partial charge < -0.3 is 33.8 Å². The normalized spacial score (nSPS) is 14.7. The first-order chi connectivity index (χ1) is 50.7. The Morgan fingerprint density at radius 2 is 0.500 bits per heavy atom. The van der Waals surface area contributed by atoms with E-state index < -0.39 is 97.5 Å². The first kappa shape index (κ1) is 98.7. The van der Waals surface area contributed by atoms with Gasteiger partial charge in [-0.25, -0.2) is 9.13 Å². The van der Waals surface area contributed by atoms with Crippen LogP contribution < -0.4 is 0 Å². The van der Waals surface area contributed by atoms with E-state index in [1.54, 1.807) is 0 Å². The standard InChI is InChI=1S/C85H140O17P2/c1-5-9-13-17-21-25-29-33-37-39-43-46-50-54-58-62-66-70-83(88)96-76-81(102-85(90)72-68-64-60-56-52-48-44-40-38-34-30-26-22-18-14-10-6-2)78-100-104(93,94)98-74-79(86)73-97-103(91,92)99-77-80(101-84(89)71-67-63-59-55-51-47-42-36-32-28-24-20-16-12-8-4)75-95-82(87)69-65-61-57-53-49-45-41-35-31-27-23-19-15-11-7-3/h9-11,13-15,21-28,33-38,41-43,46,49,53,79-81,86H,5-8,12,16-20,29-32,39-40,44-45,47-48,50-52,54-78H2,1-4H3,(H,91,92)(H,93,94)/b13-9-,14-10-,15-11-,25-21-,26-22-,27-23-,28-24-,37-33-,38-34-,41-35-,42-36-,46-43-,53-49-. The van der Waals surface area contributed by atoms with Gasteiger partial charge in [0.15, 0.2) is 12.2 Å². The van der Waals surface area contributed by atoms with Gasteiger partial charge in [-0.15, -0.1) is 0 Å². The average Bonchev–Trinajstić information content (AvgIpc) is 0.926. The number of unbranched alkanes of at least 4 members (excludes halogenated alkanes) is 21. The van der Waals surface area contributed by atoms with Crippen LogP contribution in [0.25, 0.3) is 0 Å². The van der Waals surface area contributed by atoms with Crippen molar-refractivity contribution in [3.8, 4) is 0 Å². The Morgan fingerprint density at radius 1 is 0.279 bits per heavy atom. The molecule has 0 radical (unpaired) electrons. The molecule has 0 amide bonds. The number of hydrogen-bond donors (Lipinski definition) is 3. The summed E-state index contributed by atoms with van der Waals surface area (Å²) in [6.45, 7) is 4.40. The van der Waals surface area contributed by atoms with Gasteiger partial charge in [-0.2, -0.15) is 0 Å². The monoisotopic (exact) mass is 1490 g/mol. The van der Waals surface area contributed by atoms with Gasteiger partial charge in [0.2, 0.25) is 0 Å². The Hall–Kier alpha value is -5.32. The molecule has 5 unspecified atom stereocenters. The Morgan fingerprint density at radius 3 is 0.788 bits per heavy atom. The molecule has 0 rings (SSSR count). The highest BCUT2D eigenvalue weighted by molar-refractivity contribution is 7.47. The number of aliphatic hydroxyl groups excluding tert-OH is 1. The molecule has 0 saturated carbocycles. The summed E-state index contributed by atoms with van der Waals surface area (Å²) in [6.07, 6.45) is 87.9.